The summed E-state index contributed by atoms with van der Waals surface area (Å²) in [6, 6.07) is 9.04. The van der Waals surface area contributed by atoms with Crippen molar-refractivity contribution in [3.05, 3.63) is 35.4 Å². The van der Waals surface area contributed by atoms with Gasteiger partial charge < -0.3 is 0 Å². The molecule has 0 radical (unpaired) electrons. The first-order valence-electron chi connectivity index (χ1n) is 6.94. The first kappa shape index (κ1) is 15.2. The molecule has 0 aromatic heterocycles. The molecule has 1 atom stereocenters. The van der Waals surface area contributed by atoms with E-state index in [1.54, 1.807) is 0 Å². The Hall–Kier alpha value is -0.860. The van der Waals surface area contributed by atoms with Gasteiger partial charge in [-0.25, -0.2) is 0 Å². The van der Waals surface area contributed by atoms with Crippen LogP contribution in [-0.4, -0.2) is 5.60 Å². The molecule has 1 rings (SSSR count). The van der Waals surface area contributed by atoms with Crippen molar-refractivity contribution in [2.45, 2.75) is 65.5 Å². The van der Waals surface area contributed by atoms with E-state index in [0.29, 0.717) is 0 Å². The highest BCUT2D eigenvalue weighted by Crippen LogP contribution is 2.16. The molecule has 18 heavy (non-hydrogen) atoms. The number of hydroxylamine groups is 1. The Kier molecular flexibility index (Phi) is 5.83. The van der Waals surface area contributed by atoms with Crippen LogP contribution in [-0.2, 0) is 11.3 Å². The number of nitrogens with one attached hydrogen (secondary N) is 1. The molecule has 1 aromatic carbocycles. The molecule has 1 aromatic rings. The zero-order chi connectivity index (χ0) is 13.6. The fraction of sp³-hybridized carbons (Fsp3) is 0.625. The summed E-state index contributed by atoms with van der Waals surface area (Å²) in [7, 11) is 0. The lowest BCUT2D eigenvalue weighted by atomic mass is 10.0. The molecule has 102 valence electrons. The summed E-state index contributed by atoms with van der Waals surface area (Å²) in [6.45, 7) is 10.5. The standard InChI is InChI=1S/C16H27NO/c1-6-7-8-14-9-11-15(12-10-14)13(2)17-18-16(3,4)5/h9-13,17H,6-8H2,1-5H3. The van der Waals surface area contributed by atoms with Crippen LogP contribution in [0.5, 0.6) is 0 Å². The zero-order valence-electron chi connectivity index (χ0n) is 12.4. The van der Waals surface area contributed by atoms with E-state index < -0.39 is 0 Å². The Bertz CT molecular complexity index is 337. The van der Waals surface area contributed by atoms with E-state index in [4.69, 9.17) is 4.84 Å². The van der Waals surface area contributed by atoms with Crippen molar-refractivity contribution in [3.63, 3.8) is 0 Å². The molecule has 0 spiro atoms. The summed E-state index contributed by atoms with van der Waals surface area (Å²) in [5, 5.41) is 0. The van der Waals surface area contributed by atoms with Crippen molar-refractivity contribution in [2.75, 3.05) is 0 Å². The summed E-state index contributed by atoms with van der Waals surface area (Å²) in [4.78, 5) is 5.59. The van der Waals surface area contributed by atoms with E-state index in [-0.39, 0.29) is 11.6 Å². The van der Waals surface area contributed by atoms with Gasteiger partial charge in [-0.3, -0.25) is 4.84 Å². The van der Waals surface area contributed by atoms with Crippen LogP contribution in [0, 0.1) is 0 Å². The van der Waals surface area contributed by atoms with Crippen LogP contribution >= 0.6 is 0 Å². The van der Waals surface area contributed by atoms with Gasteiger partial charge in [0.25, 0.3) is 0 Å². The second-order valence-corrected chi connectivity index (χ2v) is 5.90. The predicted octanol–water partition coefficient (Wildman–Crippen LogP) is 4.41. The van der Waals surface area contributed by atoms with Crippen molar-refractivity contribution in [1.29, 1.82) is 0 Å². The van der Waals surface area contributed by atoms with Crippen LogP contribution in [0.3, 0.4) is 0 Å². The molecule has 2 heteroatoms. The molecule has 0 saturated carbocycles. The number of hydrogen-bond acceptors (Lipinski definition) is 2. The van der Waals surface area contributed by atoms with Gasteiger partial charge in [0.05, 0.1) is 11.6 Å². The molecule has 0 fully saturated rings. The summed E-state index contributed by atoms with van der Waals surface area (Å²) in [5.41, 5.74) is 5.63. The lowest BCUT2D eigenvalue weighted by Crippen LogP contribution is -2.30. The number of unbranched alkanes of at least 4 members (excludes halogenated alkanes) is 1. The third kappa shape index (κ3) is 5.65. The first-order chi connectivity index (χ1) is 8.42. The molecular weight excluding hydrogens is 222 g/mol. The maximum Gasteiger partial charge on any atom is 0.0813 e. The minimum atomic E-state index is -0.157. The van der Waals surface area contributed by atoms with Crippen molar-refractivity contribution in [3.8, 4) is 0 Å². The Morgan fingerprint density at radius 1 is 1.17 bits per heavy atom. The fourth-order valence-corrected chi connectivity index (χ4v) is 1.69. The molecule has 1 unspecified atom stereocenters. The van der Waals surface area contributed by atoms with Crippen molar-refractivity contribution in [2.24, 2.45) is 0 Å². The summed E-state index contributed by atoms with van der Waals surface area (Å²) in [5.74, 6) is 0. The molecule has 0 heterocycles. The van der Waals surface area contributed by atoms with Gasteiger partial charge in [0.1, 0.15) is 0 Å². The van der Waals surface area contributed by atoms with Gasteiger partial charge in [-0.05, 0) is 51.7 Å². The van der Waals surface area contributed by atoms with Crippen molar-refractivity contribution in [1.82, 2.24) is 5.48 Å². The van der Waals surface area contributed by atoms with Crippen LogP contribution in [0.2, 0.25) is 0 Å². The molecule has 1 N–H and O–H groups in total. The van der Waals surface area contributed by atoms with Gasteiger partial charge in [0.15, 0.2) is 0 Å². The fourth-order valence-electron chi connectivity index (χ4n) is 1.69. The largest absolute Gasteiger partial charge is 0.296 e. The van der Waals surface area contributed by atoms with E-state index >= 15 is 0 Å². The lowest BCUT2D eigenvalue weighted by molar-refractivity contribution is -0.0866. The van der Waals surface area contributed by atoms with E-state index in [1.165, 1.54) is 30.4 Å². The number of rotatable bonds is 6. The third-order valence-electron chi connectivity index (χ3n) is 2.84. The second-order valence-electron chi connectivity index (χ2n) is 5.90. The number of aryl methyl sites for hydroxylation is 1. The molecule has 0 aliphatic heterocycles. The highest BCUT2D eigenvalue weighted by atomic mass is 16.7. The minimum Gasteiger partial charge on any atom is -0.296 e. The third-order valence-corrected chi connectivity index (χ3v) is 2.84. The Balaban J connectivity index is 2.51. The van der Waals surface area contributed by atoms with Gasteiger partial charge in [-0.15, -0.1) is 0 Å². The second kappa shape index (κ2) is 6.91. The Morgan fingerprint density at radius 2 is 1.78 bits per heavy atom. The maximum atomic E-state index is 5.59. The molecule has 0 saturated heterocycles. The first-order valence-corrected chi connectivity index (χ1v) is 6.94. The van der Waals surface area contributed by atoms with Crippen LogP contribution in [0.15, 0.2) is 24.3 Å². The Labute approximate surface area is 112 Å². The van der Waals surface area contributed by atoms with Crippen molar-refractivity contribution < 1.29 is 4.84 Å². The minimum absolute atomic E-state index is 0.157. The number of benzene rings is 1. The normalized spacial score (nSPS) is 13.6. The average molecular weight is 249 g/mol. The summed E-state index contributed by atoms with van der Waals surface area (Å²) >= 11 is 0. The van der Waals surface area contributed by atoms with E-state index in [2.05, 4.69) is 43.6 Å². The van der Waals surface area contributed by atoms with Crippen LogP contribution in [0.1, 0.15) is 64.6 Å². The van der Waals surface area contributed by atoms with Crippen LogP contribution in [0.4, 0.5) is 0 Å². The highest BCUT2D eigenvalue weighted by Gasteiger charge is 2.13. The number of hydrogen-bond donors (Lipinski definition) is 1. The van der Waals surface area contributed by atoms with Gasteiger partial charge in [0.2, 0.25) is 0 Å². The zero-order valence-corrected chi connectivity index (χ0v) is 12.4. The van der Waals surface area contributed by atoms with Crippen molar-refractivity contribution >= 4 is 0 Å². The predicted molar refractivity (Wildman–Crippen MR) is 77.4 cm³/mol. The SMILES string of the molecule is CCCCc1ccc(C(C)NOC(C)(C)C)cc1. The van der Waals surface area contributed by atoms with Crippen LogP contribution < -0.4 is 5.48 Å². The van der Waals surface area contributed by atoms with Gasteiger partial charge >= 0.3 is 0 Å². The van der Waals surface area contributed by atoms with Gasteiger partial charge in [-0.2, -0.15) is 5.48 Å². The molecular formula is C16H27NO. The highest BCUT2D eigenvalue weighted by molar-refractivity contribution is 5.24. The molecule has 0 bridgehead atoms. The van der Waals surface area contributed by atoms with Gasteiger partial charge in [0, 0.05) is 0 Å². The lowest BCUT2D eigenvalue weighted by Gasteiger charge is -2.23. The Morgan fingerprint density at radius 3 is 2.28 bits per heavy atom. The van der Waals surface area contributed by atoms with E-state index in [9.17, 15) is 0 Å². The maximum absolute atomic E-state index is 5.59. The van der Waals surface area contributed by atoms with Crippen LogP contribution in [0.25, 0.3) is 0 Å². The van der Waals surface area contributed by atoms with E-state index in [0.717, 1.165) is 0 Å². The molecule has 0 aliphatic carbocycles. The topological polar surface area (TPSA) is 21.3 Å². The average Bonchev–Trinajstić information content (AvgIpc) is 2.33. The molecule has 0 aliphatic rings. The monoisotopic (exact) mass is 249 g/mol. The summed E-state index contributed by atoms with van der Waals surface area (Å²) < 4.78 is 0. The molecule has 0 amide bonds. The van der Waals surface area contributed by atoms with Gasteiger partial charge in [-0.1, -0.05) is 37.6 Å². The smallest absolute Gasteiger partial charge is 0.0813 e. The molecule has 2 nitrogen and oxygen atoms in total. The summed E-state index contributed by atoms with van der Waals surface area (Å²) in [6.07, 6.45) is 3.69. The van der Waals surface area contributed by atoms with E-state index in [1.807, 2.05) is 20.8 Å². The quantitative estimate of drug-likeness (QED) is 0.754.